The Hall–Kier alpha value is -1.43. The zero-order valence-electron chi connectivity index (χ0n) is 18.8. The first-order valence-corrected chi connectivity index (χ1v) is 11.2. The fraction of sp³-hybridized carbons (Fsp3) is 0.773. The first-order valence-electron chi connectivity index (χ1n) is 10.4. The lowest BCUT2D eigenvalue weighted by atomic mass is 9.65. The van der Waals surface area contributed by atoms with Crippen LogP contribution in [0.25, 0.3) is 0 Å². The molecular weight excluding hydrogens is 370 g/mol. The molecule has 0 aliphatic heterocycles. The summed E-state index contributed by atoms with van der Waals surface area (Å²) in [6.45, 7) is 14.7. The van der Waals surface area contributed by atoms with Crippen LogP contribution in [0, 0.1) is 16.7 Å². The fourth-order valence-corrected chi connectivity index (χ4v) is 5.10. The molecule has 2 atom stereocenters. The predicted octanol–water partition coefficient (Wildman–Crippen LogP) is 4.26. The van der Waals surface area contributed by atoms with Crippen LogP contribution in [0.2, 0.25) is 0 Å². The highest BCUT2D eigenvalue weighted by atomic mass is 32.1. The second-order valence-electron chi connectivity index (χ2n) is 9.83. The minimum Gasteiger partial charge on any atom is -0.359 e. The average molecular weight is 408 g/mol. The lowest BCUT2D eigenvalue weighted by Crippen LogP contribution is -2.44. The van der Waals surface area contributed by atoms with Crippen LogP contribution in [0.3, 0.4) is 0 Å². The molecule has 2 amide bonds. The molecular formula is C22H37N3O2S. The highest BCUT2D eigenvalue weighted by Crippen LogP contribution is 2.56. The highest BCUT2D eigenvalue weighted by Gasteiger charge is 2.57. The molecule has 158 valence electrons. The quantitative estimate of drug-likeness (QED) is 0.792. The third kappa shape index (κ3) is 4.12. The molecule has 1 aromatic rings. The molecule has 1 aromatic heterocycles. The number of aromatic nitrogens is 1. The van der Waals surface area contributed by atoms with E-state index in [1.54, 1.807) is 18.6 Å². The van der Waals surface area contributed by atoms with Crippen molar-refractivity contribution in [2.75, 3.05) is 7.05 Å². The molecule has 0 spiro atoms. The van der Waals surface area contributed by atoms with Crippen molar-refractivity contribution in [1.82, 2.24) is 9.27 Å². The summed E-state index contributed by atoms with van der Waals surface area (Å²) in [5.74, 6) is -0.236. The number of hydrogen-bond donors (Lipinski definition) is 1. The number of nitrogens with one attached hydrogen (secondary N) is 1. The van der Waals surface area contributed by atoms with Crippen molar-refractivity contribution in [3.8, 4) is 0 Å². The van der Waals surface area contributed by atoms with E-state index in [4.69, 9.17) is 0 Å². The van der Waals surface area contributed by atoms with E-state index in [1.807, 2.05) is 20.8 Å². The Bertz CT molecular complexity index is 797. The van der Waals surface area contributed by atoms with Gasteiger partial charge in [0.2, 0.25) is 5.91 Å². The molecule has 6 heteroatoms. The Balaban J connectivity index is 2.45. The van der Waals surface area contributed by atoms with Crippen molar-refractivity contribution in [1.29, 1.82) is 0 Å². The number of carbonyl (C=O) groups excluding carboxylic acids is 2. The summed E-state index contributed by atoms with van der Waals surface area (Å²) < 4.78 is 3.02. The monoisotopic (exact) mass is 407 g/mol. The summed E-state index contributed by atoms with van der Waals surface area (Å²) in [4.78, 5) is 30.4. The maximum atomic E-state index is 13.4. The Morgan fingerprint density at radius 2 is 1.96 bits per heavy atom. The van der Waals surface area contributed by atoms with Crippen LogP contribution in [-0.4, -0.2) is 22.8 Å². The Labute approximate surface area is 173 Å². The SMILES string of the molecule is CCCCc1cn(C(C)(C)C)sc1=NC(=O)C1(C)CCC(C(=O)NC)C1(C)C. The lowest BCUT2D eigenvalue weighted by Gasteiger charge is -2.38. The smallest absolute Gasteiger partial charge is 0.253 e. The number of unbranched alkanes of at least 4 members (excludes halogenated alkanes) is 1. The maximum Gasteiger partial charge on any atom is 0.253 e. The molecule has 1 aliphatic rings. The molecule has 0 bridgehead atoms. The first-order chi connectivity index (χ1) is 12.9. The zero-order chi connectivity index (χ0) is 21.3. The van der Waals surface area contributed by atoms with Gasteiger partial charge >= 0.3 is 0 Å². The Morgan fingerprint density at radius 3 is 2.50 bits per heavy atom. The van der Waals surface area contributed by atoms with Crippen molar-refractivity contribution in [2.24, 2.45) is 21.7 Å². The van der Waals surface area contributed by atoms with Gasteiger partial charge in [-0.15, -0.1) is 0 Å². The van der Waals surface area contributed by atoms with Gasteiger partial charge in [-0.1, -0.05) is 34.1 Å². The van der Waals surface area contributed by atoms with E-state index in [-0.39, 0.29) is 23.3 Å². The van der Waals surface area contributed by atoms with Crippen LogP contribution >= 0.6 is 11.5 Å². The Morgan fingerprint density at radius 1 is 1.32 bits per heavy atom. The predicted molar refractivity (Wildman–Crippen MR) is 115 cm³/mol. The van der Waals surface area contributed by atoms with Crippen molar-refractivity contribution < 1.29 is 9.59 Å². The van der Waals surface area contributed by atoms with Gasteiger partial charge in [0.15, 0.2) is 0 Å². The van der Waals surface area contributed by atoms with Gasteiger partial charge in [0.05, 0.1) is 5.41 Å². The number of nitrogens with zero attached hydrogens (tertiary/aromatic N) is 2. The molecule has 5 nitrogen and oxygen atoms in total. The molecule has 0 aromatic carbocycles. The molecule has 28 heavy (non-hydrogen) atoms. The van der Waals surface area contributed by atoms with Gasteiger partial charge in [0.25, 0.3) is 5.91 Å². The summed E-state index contributed by atoms with van der Waals surface area (Å²) >= 11 is 1.56. The van der Waals surface area contributed by atoms with Gasteiger partial charge in [-0.2, -0.15) is 0 Å². The van der Waals surface area contributed by atoms with Gasteiger partial charge in [-0.3, -0.25) is 13.5 Å². The van der Waals surface area contributed by atoms with Crippen LogP contribution in [0.15, 0.2) is 11.2 Å². The lowest BCUT2D eigenvalue weighted by molar-refractivity contribution is -0.136. The van der Waals surface area contributed by atoms with E-state index in [0.717, 1.165) is 35.9 Å². The third-order valence-corrected chi connectivity index (χ3v) is 8.03. The highest BCUT2D eigenvalue weighted by molar-refractivity contribution is 7.04. The standard InChI is InChI=1S/C22H37N3O2S/c1-9-10-11-15-14-25(20(2,3)4)28-18(15)24-19(27)22(7)13-12-16(17(26)23-8)21(22,5)6/h14,16H,9-13H2,1-8H3,(H,23,26). The van der Waals surface area contributed by atoms with E-state index in [2.05, 4.69) is 48.2 Å². The summed E-state index contributed by atoms with van der Waals surface area (Å²) in [7, 11) is 1.66. The van der Waals surface area contributed by atoms with Crippen LogP contribution in [0.4, 0.5) is 0 Å². The first kappa shape index (κ1) is 22.9. The van der Waals surface area contributed by atoms with Gasteiger partial charge in [-0.25, -0.2) is 4.99 Å². The summed E-state index contributed by atoms with van der Waals surface area (Å²) in [5.41, 5.74) is 0.0398. The number of hydrogen-bond acceptors (Lipinski definition) is 3. The molecule has 0 saturated heterocycles. The van der Waals surface area contributed by atoms with Crippen LogP contribution in [0.5, 0.6) is 0 Å². The third-order valence-electron chi connectivity index (χ3n) is 6.66. The second-order valence-corrected chi connectivity index (χ2v) is 10.8. The molecule has 2 rings (SSSR count). The second kappa shape index (κ2) is 8.13. The van der Waals surface area contributed by atoms with Crippen LogP contribution < -0.4 is 9.99 Å². The zero-order valence-corrected chi connectivity index (χ0v) is 19.6. The normalized spacial score (nSPS) is 25.1. The number of carbonyl (C=O) groups is 2. The molecule has 1 N–H and O–H groups in total. The molecule has 1 saturated carbocycles. The van der Waals surface area contributed by atoms with Crippen molar-refractivity contribution >= 4 is 23.3 Å². The van der Waals surface area contributed by atoms with Gasteiger partial charge < -0.3 is 5.32 Å². The van der Waals surface area contributed by atoms with Crippen molar-refractivity contribution in [2.45, 2.75) is 86.1 Å². The maximum absolute atomic E-state index is 13.4. The minimum absolute atomic E-state index is 0.0202. The molecule has 1 fully saturated rings. The van der Waals surface area contributed by atoms with Crippen LogP contribution in [-0.2, 0) is 21.5 Å². The summed E-state index contributed by atoms with van der Waals surface area (Å²) in [5, 5.41) is 2.76. The van der Waals surface area contributed by atoms with E-state index in [0.29, 0.717) is 6.42 Å². The average Bonchev–Trinajstić information content (AvgIpc) is 3.12. The molecule has 1 heterocycles. The summed E-state index contributed by atoms with van der Waals surface area (Å²) in [6.07, 6.45) is 6.69. The molecule has 1 aliphatic carbocycles. The topological polar surface area (TPSA) is 63.5 Å². The van der Waals surface area contributed by atoms with Gasteiger partial charge in [0.1, 0.15) is 4.67 Å². The van der Waals surface area contributed by atoms with E-state index >= 15 is 0 Å². The van der Waals surface area contributed by atoms with Crippen molar-refractivity contribution in [3.63, 3.8) is 0 Å². The number of rotatable bonds is 5. The van der Waals surface area contributed by atoms with Crippen molar-refractivity contribution in [3.05, 3.63) is 16.4 Å². The fourth-order valence-electron chi connectivity index (χ4n) is 4.07. The van der Waals surface area contributed by atoms with E-state index in [9.17, 15) is 9.59 Å². The van der Waals surface area contributed by atoms with E-state index in [1.165, 1.54) is 0 Å². The number of aryl methyl sites for hydroxylation is 1. The molecule has 0 radical (unpaired) electrons. The minimum atomic E-state index is -0.636. The largest absolute Gasteiger partial charge is 0.359 e. The van der Waals surface area contributed by atoms with Gasteiger partial charge in [0, 0.05) is 30.3 Å². The molecule has 2 unspecified atom stereocenters. The van der Waals surface area contributed by atoms with Crippen LogP contribution in [0.1, 0.15) is 79.7 Å². The number of amides is 2. The van der Waals surface area contributed by atoms with E-state index < -0.39 is 10.8 Å². The van der Waals surface area contributed by atoms with Gasteiger partial charge in [-0.05, 0) is 63.4 Å². The Kier molecular flexibility index (Phi) is 6.64. The summed E-state index contributed by atoms with van der Waals surface area (Å²) in [6, 6.07) is 0.